The third-order valence-electron chi connectivity index (χ3n) is 3.57. The number of amides is 2. The molecule has 124 valence electrons. The van der Waals surface area contributed by atoms with Crippen molar-refractivity contribution in [1.29, 1.82) is 0 Å². The van der Waals surface area contributed by atoms with Gasteiger partial charge < -0.3 is 10.6 Å². The number of hydrogen-bond acceptors (Lipinski definition) is 4. The largest absolute Gasteiger partial charge is 0.348 e. The fraction of sp³-hybridized carbons (Fsp3) is 0.0526. The van der Waals surface area contributed by atoms with Gasteiger partial charge in [-0.3, -0.25) is 19.6 Å². The van der Waals surface area contributed by atoms with E-state index < -0.39 is 0 Å². The lowest BCUT2D eigenvalue weighted by atomic mass is 10.1. The van der Waals surface area contributed by atoms with Gasteiger partial charge in [0.25, 0.3) is 11.8 Å². The Morgan fingerprint density at radius 3 is 2.36 bits per heavy atom. The summed E-state index contributed by atoms with van der Waals surface area (Å²) in [7, 11) is 0. The highest BCUT2D eigenvalue weighted by atomic mass is 16.2. The summed E-state index contributed by atoms with van der Waals surface area (Å²) in [5.74, 6) is -0.447. The first-order valence-electron chi connectivity index (χ1n) is 7.71. The quantitative estimate of drug-likeness (QED) is 0.752. The van der Waals surface area contributed by atoms with Crippen molar-refractivity contribution < 1.29 is 9.59 Å². The molecule has 0 unspecified atom stereocenters. The van der Waals surface area contributed by atoms with Gasteiger partial charge in [-0.2, -0.15) is 0 Å². The third kappa shape index (κ3) is 4.26. The Balaban J connectivity index is 1.69. The maximum absolute atomic E-state index is 12.3. The predicted molar refractivity (Wildman–Crippen MR) is 94.0 cm³/mol. The van der Waals surface area contributed by atoms with Crippen LogP contribution in [0.3, 0.4) is 0 Å². The molecule has 2 N–H and O–H groups in total. The molecule has 3 rings (SSSR count). The van der Waals surface area contributed by atoms with Crippen LogP contribution in [0.1, 0.15) is 26.3 Å². The van der Waals surface area contributed by atoms with E-state index in [1.807, 2.05) is 18.2 Å². The molecule has 0 bridgehead atoms. The molecule has 6 heteroatoms. The number of aromatic nitrogens is 2. The van der Waals surface area contributed by atoms with Crippen LogP contribution in [-0.4, -0.2) is 21.8 Å². The first-order valence-corrected chi connectivity index (χ1v) is 7.71. The van der Waals surface area contributed by atoms with Gasteiger partial charge in [0.05, 0.1) is 5.56 Å². The Morgan fingerprint density at radius 2 is 1.60 bits per heavy atom. The van der Waals surface area contributed by atoms with Crippen molar-refractivity contribution in [3.63, 3.8) is 0 Å². The van der Waals surface area contributed by atoms with E-state index in [0.29, 0.717) is 23.4 Å². The highest BCUT2D eigenvalue weighted by Gasteiger charge is 2.10. The normalized spacial score (nSPS) is 10.1. The maximum atomic E-state index is 12.3. The fourth-order valence-electron chi connectivity index (χ4n) is 2.27. The van der Waals surface area contributed by atoms with Crippen LogP contribution in [0.15, 0.2) is 73.3 Å². The van der Waals surface area contributed by atoms with Crippen molar-refractivity contribution in [3.05, 3.63) is 90.0 Å². The Hall–Kier alpha value is -3.54. The first-order chi connectivity index (χ1) is 12.2. The van der Waals surface area contributed by atoms with Gasteiger partial charge in [-0.15, -0.1) is 0 Å². The molecule has 0 atom stereocenters. The van der Waals surface area contributed by atoms with E-state index >= 15 is 0 Å². The highest BCUT2D eigenvalue weighted by molar-refractivity contribution is 6.04. The van der Waals surface area contributed by atoms with Crippen LogP contribution >= 0.6 is 0 Å². The Labute approximate surface area is 145 Å². The van der Waals surface area contributed by atoms with E-state index in [1.54, 1.807) is 48.9 Å². The molecular weight excluding hydrogens is 316 g/mol. The maximum Gasteiger partial charge on any atom is 0.255 e. The Morgan fingerprint density at radius 1 is 0.800 bits per heavy atom. The monoisotopic (exact) mass is 332 g/mol. The highest BCUT2D eigenvalue weighted by Crippen LogP contribution is 2.16. The van der Waals surface area contributed by atoms with Gasteiger partial charge in [0.1, 0.15) is 0 Å². The van der Waals surface area contributed by atoms with Crippen molar-refractivity contribution in [2.75, 3.05) is 5.32 Å². The van der Waals surface area contributed by atoms with Crippen molar-refractivity contribution in [1.82, 2.24) is 15.3 Å². The zero-order chi connectivity index (χ0) is 17.5. The van der Waals surface area contributed by atoms with Gasteiger partial charge >= 0.3 is 0 Å². The average molecular weight is 332 g/mol. The SMILES string of the molecule is O=C(NCc1ccccc1NC(=O)c1ccncc1)c1cccnc1. The minimum Gasteiger partial charge on any atom is -0.348 e. The van der Waals surface area contributed by atoms with Crippen molar-refractivity contribution in [2.45, 2.75) is 6.54 Å². The number of nitrogens with one attached hydrogen (secondary N) is 2. The van der Waals surface area contributed by atoms with E-state index in [4.69, 9.17) is 0 Å². The summed E-state index contributed by atoms with van der Waals surface area (Å²) in [6, 6.07) is 14.0. The molecule has 0 aliphatic rings. The number of anilines is 1. The Bertz CT molecular complexity index is 867. The standard InChI is InChI=1S/C19H16N4O2/c24-18(16-5-3-9-21-12-16)22-13-15-4-1-2-6-17(15)23-19(25)14-7-10-20-11-8-14/h1-12H,13H2,(H,22,24)(H,23,25). The van der Waals surface area contributed by atoms with E-state index in [9.17, 15) is 9.59 Å². The second kappa shape index (κ2) is 7.83. The van der Waals surface area contributed by atoms with Crippen LogP contribution < -0.4 is 10.6 Å². The van der Waals surface area contributed by atoms with Gasteiger partial charge in [0, 0.05) is 42.6 Å². The topological polar surface area (TPSA) is 84.0 Å². The molecular formula is C19H16N4O2. The lowest BCUT2D eigenvalue weighted by molar-refractivity contribution is 0.0950. The molecule has 2 amide bonds. The van der Waals surface area contributed by atoms with Crippen molar-refractivity contribution >= 4 is 17.5 Å². The van der Waals surface area contributed by atoms with Crippen molar-refractivity contribution in [2.24, 2.45) is 0 Å². The third-order valence-corrected chi connectivity index (χ3v) is 3.57. The second-order valence-corrected chi connectivity index (χ2v) is 5.27. The average Bonchev–Trinajstić information content (AvgIpc) is 2.68. The van der Waals surface area contributed by atoms with Crippen LogP contribution in [0.5, 0.6) is 0 Å². The summed E-state index contributed by atoms with van der Waals surface area (Å²) < 4.78 is 0. The second-order valence-electron chi connectivity index (χ2n) is 5.27. The molecule has 0 radical (unpaired) electrons. The van der Waals surface area contributed by atoms with Crippen LogP contribution in [0.2, 0.25) is 0 Å². The van der Waals surface area contributed by atoms with Crippen LogP contribution in [-0.2, 0) is 6.54 Å². The summed E-state index contributed by atoms with van der Waals surface area (Å²) in [5.41, 5.74) is 2.46. The molecule has 0 saturated heterocycles. The minimum absolute atomic E-state index is 0.219. The van der Waals surface area contributed by atoms with Crippen LogP contribution in [0.4, 0.5) is 5.69 Å². The van der Waals surface area contributed by atoms with Crippen LogP contribution in [0.25, 0.3) is 0 Å². The fourth-order valence-corrected chi connectivity index (χ4v) is 2.27. The molecule has 2 aromatic heterocycles. The number of benzene rings is 1. The molecule has 0 aliphatic carbocycles. The molecule has 3 aromatic rings. The lowest BCUT2D eigenvalue weighted by Crippen LogP contribution is -2.24. The lowest BCUT2D eigenvalue weighted by Gasteiger charge is -2.12. The van der Waals surface area contributed by atoms with E-state index in [1.165, 1.54) is 6.20 Å². The predicted octanol–water partition coefficient (Wildman–Crippen LogP) is 2.66. The number of pyridine rings is 2. The summed E-state index contributed by atoms with van der Waals surface area (Å²) >= 11 is 0. The van der Waals surface area contributed by atoms with Crippen molar-refractivity contribution in [3.8, 4) is 0 Å². The summed E-state index contributed by atoms with van der Waals surface area (Å²) in [6.45, 7) is 0.292. The molecule has 6 nitrogen and oxygen atoms in total. The number of carbonyl (C=O) groups excluding carboxylic acids is 2. The molecule has 25 heavy (non-hydrogen) atoms. The Kier molecular flexibility index (Phi) is 5.11. The van der Waals surface area contributed by atoms with Gasteiger partial charge in [0.15, 0.2) is 0 Å². The number of nitrogens with zero attached hydrogens (tertiary/aromatic N) is 2. The van der Waals surface area contributed by atoms with Gasteiger partial charge in [-0.25, -0.2) is 0 Å². The zero-order valence-electron chi connectivity index (χ0n) is 13.3. The summed E-state index contributed by atoms with van der Waals surface area (Å²) in [4.78, 5) is 32.2. The van der Waals surface area contributed by atoms with Crippen LogP contribution in [0, 0.1) is 0 Å². The van der Waals surface area contributed by atoms with E-state index in [0.717, 1.165) is 5.56 Å². The molecule has 2 heterocycles. The van der Waals surface area contributed by atoms with Gasteiger partial charge in [-0.05, 0) is 35.9 Å². The number of carbonyl (C=O) groups is 2. The molecule has 0 saturated carbocycles. The number of rotatable bonds is 5. The molecule has 0 fully saturated rings. The smallest absolute Gasteiger partial charge is 0.255 e. The molecule has 0 aliphatic heterocycles. The first kappa shape index (κ1) is 16.3. The minimum atomic E-state index is -0.228. The van der Waals surface area contributed by atoms with Gasteiger partial charge in [-0.1, -0.05) is 18.2 Å². The summed E-state index contributed by atoms with van der Waals surface area (Å²) in [6.07, 6.45) is 6.25. The number of para-hydroxylation sites is 1. The zero-order valence-corrected chi connectivity index (χ0v) is 13.3. The van der Waals surface area contributed by atoms with E-state index in [2.05, 4.69) is 20.6 Å². The van der Waals surface area contributed by atoms with Gasteiger partial charge in [0.2, 0.25) is 0 Å². The molecule has 0 spiro atoms. The number of hydrogen-bond donors (Lipinski definition) is 2. The van der Waals surface area contributed by atoms with E-state index in [-0.39, 0.29) is 11.8 Å². The summed E-state index contributed by atoms with van der Waals surface area (Å²) in [5, 5.41) is 5.69. The molecule has 1 aromatic carbocycles.